The van der Waals surface area contributed by atoms with Gasteiger partial charge < -0.3 is 9.47 Å². The number of benzene rings is 1. The van der Waals surface area contributed by atoms with E-state index in [-0.39, 0.29) is 6.29 Å². The summed E-state index contributed by atoms with van der Waals surface area (Å²) in [5.41, 5.74) is 3.63. The topological polar surface area (TPSA) is 30.8 Å². The quantitative estimate of drug-likeness (QED) is 0.564. The summed E-state index contributed by atoms with van der Waals surface area (Å²) in [5.74, 6) is 0. The van der Waals surface area contributed by atoms with Gasteiger partial charge in [-0.05, 0) is 25.0 Å². The van der Waals surface area contributed by atoms with Crippen LogP contribution in [0.5, 0.6) is 0 Å². The smallest absolute Gasteiger partial charge is 0.176 e. The van der Waals surface area contributed by atoms with Gasteiger partial charge in [0.1, 0.15) is 0 Å². The minimum atomic E-state index is -0.262. The third-order valence-electron chi connectivity index (χ3n) is 2.44. The molecule has 0 atom stereocenters. The molecule has 0 heterocycles. The minimum Gasteiger partial charge on any atom is -0.354 e. The molecule has 0 amide bonds. The second kappa shape index (κ2) is 6.40. The highest BCUT2D eigenvalue weighted by Gasteiger charge is 2.01. The maximum atomic E-state index is 5.05. The summed E-state index contributed by atoms with van der Waals surface area (Å²) in [4.78, 5) is 4.30. The molecule has 0 aromatic heterocycles. The van der Waals surface area contributed by atoms with Crippen LogP contribution >= 0.6 is 0 Å². The fourth-order valence-electron chi connectivity index (χ4n) is 1.45. The van der Waals surface area contributed by atoms with E-state index in [1.807, 2.05) is 6.21 Å². The Labute approximate surface area is 97.1 Å². The SMILES string of the molecule is COC(CN=Cc1ccc(C)cc1C)OC. The summed E-state index contributed by atoms with van der Waals surface area (Å²) in [6.07, 6.45) is 1.60. The van der Waals surface area contributed by atoms with Crippen LogP contribution in [0.1, 0.15) is 16.7 Å². The molecule has 0 saturated carbocycles. The molecule has 0 aliphatic carbocycles. The van der Waals surface area contributed by atoms with Crippen molar-refractivity contribution >= 4 is 6.21 Å². The molecule has 0 spiro atoms. The van der Waals surface area contributed by atoms with Gasteiger partial charge in [-0.25, -0.2) is 0 Å². The number of nitrogens with zero attached hydrogens (tertiary/aromatic N) is 1. The summed E-state index contributed by atoms with van der Waals surface area (Å²) in [6.45, 7) is 4.68. The van der Waals surface area contributed by atoms with E-state index in [1.165, 1.54) is 11.1 Å². The molecule has 88 valence electrons. The lowest BCUT2D eigenvalue weighted by atomic mass is 10.1. The van der Waals surface area contributed by atoms with Crippen LogP contribution in [0, 0.1) is 13.8 Å². The van der Waals surface area contributed by atoms with Gasteiger partial charge in [-0.2, -0.15) is 0 Å². The van der Waals surface area contributed by atoms with Crippen LogP contribution in [0.3, 0.4) is 0 Å². The summed E-state index contributed by atoms with van der Waals surface area (Å²) >= 11 is 0. The van der Waals surface area contributed by atoms with Gasteiger partial charge in [-0.1, -0.05) is 23.8 Å². The van der Waals surface area contributed by atoms with Crippen molar-refractivity contribution in [3.05, 3.63) is 34.9 Å². The standard InChI is InChI=1S/C13H19NO2/c1-10-5-6-12(11(2)7-10)8-14-9-13(15-3)16-4/h5-8,13H,9H2,1-4H3. The first kappa shape index (κ1) is 12.9. The largest absolute Gasteiger partial charge is 0.354 e. The first-order valence-electron chi connectivity index (χ1n) is 5.30. The molecule has 0 saturated heterocycles. The molecule has 16 heavy (non-hydrogen) atoms. The Morgan fingerprint density at radius 3 is 2.50 bits per heavy atom. The van der Waals surface area contributed by atoms with Crippen molar-refractivity contribution in [1.82, 2.24) is 0 Å². The fourth-order valence-corrected chi connectivity index (χ4v) is 1.45. The summed E-state index contributed by atoms with van der Waals surface area (Å²) in [6, 6.07) is 6.30. The van der Waals surface area contributed by atoms with Gasteiger partial charge in [0, 0.05) is 20.4 Å². The Morgan fingerprint density at radius 2 is 1.94 bits per heavy atom. The molecule has 3 nitrogen and oxygen atoms in total. The number of hydrogen-bond acceptors (Lipinski definition) is 3. The second-order valence-electron chi connectivity index (χ2n) is 3.76. The van der Waals surface area contributed by atoms with Crippen LogP contribution in [-0.2, 0) is 9.47 Å². The van der Waals surface area contributed by atoms with Crippen molar-refractivity contribution in [3.8, 4) is 0 Å². The van der Waals surface area contributed by atoms with Gasteiger partial charge in [0.05, 0.1) is 6.54 Å². The highest BCUT2D eigenvalue weighted by Crippen LogP contribution is 2.08. The van der Waals surface area contributed by atoms with E-state index in [2.05, 4.69) is 37.0 Å². The Balaban J connectivity index is 2.62. The van der Waals surface area contributed by atoms with E-state index < -0.39 is 0 Å². The molecule has 3 heteroatoms. The van der Waals surface area contributed by atoms with E-state index in [9.17, 15) is 0 Å². The zero-order valence-corrected chi connectivity index (χ0v) is 10.4. The Hall–Kier alpha value is -1.19. The molecule has 0 radical (unpaired) electrons. The number of aryl methyl sites for hydroxylation is 2. The van der Waals surface area contributed by atoms with Gasteiger partial charge >= 0.3 is 0 Å². The Bertz CT molecular complexity index is 357. The van der Waals surface area contributed by atoms with Crippen LogP contribution in [-0.4, -0.2) is 33.3 Å². The number of methoxy groups -OCH3 is 2. The maximum Gasteiger partial charge on any atom is 0.176 e. The van der Waals surface area contributed by atoms with Crippen molar-refractivity contribution in [2.75, 3.05) is 20.8 Å². The average molecular weight is 221 g/mol. The molecule has 0 aliphatic heterocycles. The van der Waals surface area contributed by atoms with Crippen LogP contribution in [0.4, 0.5) is 0 Å². The van der Waals surface area contributed by atoms with Crippen LogP contribution in [0.15, 0.2) is 23.2 Å². The third kappa shape index (κ3) is 3.76. The van der Waals surface area contributed by atoms with Crippen LogP contribution < -0.4 is 0 Å². The van der Waals surface area contributed by atoms with Crippen molar-refractivity contribution in [3.63, 3.8) is 0 Å². The van der Waals surface area contributed by atoms with Gasteiger partial charge in [0.25, 0.3) is 0 Å². The summed E-state index contributed by atoms with van der Waals surface area (Å²) in [7, 11) is 3.22. The van der Waals surface area contributed by atoms with E-state index >= 15 is 0 Å². The highest BCUT2D eigenvalue weighted by atomic mass is 16.7. The van der Waals surface area contributed by atoms with E-state index in [0.29, 0.717) is 6.54 Å². The Kier molecular flexibility index (Phi) is 5.15. The van der Waals surface area contributed by atoms with Gasteiger partial charge in [-0.15, -0.1) is 0 Å². The molecule has 0 N–H and O–H groups in total. The molecule has 0 fully saturated rings. The molecule has 1 aromatic rings. The van der Waals surface area contributed by atoms with Crippen molar-refractivity contribution < 1.29 is 9.47 Å². The molecule has 0 aliphatic rings. The molecular weight excluding hydrogens is 202 g/mol. The predicted octanol–water partition coefficient (Wildman–Crippen LogP) is 2.34. The summed E-state index contributed by atoms with van der Waals surface area (Å²) < 4.78 is 10.1. The van der Waals surface area contributed by atoms with Crippen molar-refractivity contribution in [2.45, 2.75) is 20.1 Å². The van der Waals surface area contributed by atoms with Gasteiger partial charge in [0.2, 0.25) is 0 Å². The Morgan fingerprint density at radius 1 is 1.25 bits per heavy atom. The van der Waals surface area contributed by atoms with E-state index in [1.54, 1.807) is 14.2 Å². The number of hydrogen-bond donors (Lipinski definition) is 0. The lowest BCUT2D eigenvalue weighted by Gasteiger charge is -2.09. The first-order valence-corrected chi connectivity index (χ1v) is 5.30. The maximum absolute atomic E-state index is 5.05. The average Bonchev–Trinajstić information content (AvgIpc) is 2.27. The zero-order chi connectivity index (χ0) is 12.0. The lowest BCUT2D eigenvalue weighted by molar-refractivity contribution is -0.0936. The normalized spacial score (nSPS) is 11.6. The second-order valence-corrected chi connectivity index (χ2v) is 3.76. The molecule has 1 aromatic carbocycles. The molecule has 0 bridgehead atoms. The predicted molar refractivity (Wildman–Crippen MR) is 66.2 cm³/mol. The van der Waals surface area contributed by atoms with Crippen molar-refractivity contribution in [1.29, 1.82) is 0 Å². The van der Waals surface area contributed by atoms with Gasteiger partial charge in [-0.3, -0.25) is 4.99 Å². The molecular formula is C13H19NO2. The third-order valence-corrected chi connectivity index (χ3v) is 2.44. The minimum absolute atomic E-state index is 0.262. The molecule has 0 unspecified atom stereocenters. The molecule has 1 rings (SSSR count). The van der Waals surface area contributed by atoms with Crippen LogP contribution in [0.2, 0.25) is 0 Å². The number of rotatable bonds is 5. The lowest BCUT2D eigenvalue weighted by Crippen LogP contribution is -2.16. The first-order chi connectivity index (χ1) is 7.67. The fraction of sp³-hybridized carbons (Fsp3) is 0.462. The zero-order valence-electron chi connectivity index (χ0n) is 10.4. The number of ether oxygens (including phenoxy) is 2. The van der Waals surface area contributed by atoms with Gasteiger partial charge in [0.15, 0.2) is 6.29 Å². The van der Waals surface area contributed by atoms with E-state index in [0.717, 1.165) is 5.56 Å². The monoisotopic (exact) mass is 221 g/mol. The van der Waals surface area contributed by atoms with Crippen LogP contribution in [0.25, 0.3) is 0 Å². The number of aliphatic imine (C=N–C) groups is 1. The summed E-state index contributed by atoms with van der Waals surface area (Å²) in [5, 5.41) is 0. The highest BCUT2D eigenvalue weighted by molar-refractivity contribution is 5.81. The van der Waals surface area contributed by atoms with E-state index in [4.69, 9.17) is 9.47 Å². The van der Waals surface area contributed by atoms with Crippen molar-refractivity contribution in [2.24, 2.45) is 4.99 Å².